The number of hydrogen-bond acceptors (Lipinski definition) is 4. The number of ether oxygens (including phenoxy) is 3. The summed E-state index contributed by atoms with van der Waals surface area (Å²) in [7, 11) is 1.62. The molecule has 0 saturated heterocycles. The van der Waals surface area contributed by atoms with E-state index in [1.165, 1.54) is 0 Å². The number of fused-ring (bicyclic) bond motifs is 2. The Hall–Kier alpha value is -1.75. The van der Waals surface area contributed by atoms with Gasteiger partial charge in [-0.2, -0.15) is 0 Å². The third-order valence-electron chi connectivity index (χ3n) is 3.73. The molecule has 5 nitrogen and oxygen atoms in total. The Morgan fingerprint density at radius 1 is 1.35 bits per heavy atom. The van der Waals surface area contributed by atoms with Gasteiger partial charge >= 0.3 is 0 Å². The molecule has 1 aromatic rings. The molecule has 0 aliphatic carbocycles. The summed E-state index contributed by atoms with van der Waals surface area (Å²) in [6, 6.07) is 2.07. The zero-order valence-electron chi connectivity index (χ0n) is 11.7. The zero-order valence-corrected chi connectivity index (χ0v) is 11.7. The molecule has 0 aromatic heterocycles. The Morgan fingerprint density at radius 2 is 2.20 bits per heavy atom. The lowest BCUT2D eigenvalue weighted by atomic mass is 9.97. The smallest absolute Gasteiger partial charge is 0.224 e. The summed E-state index contributed by atoms with van der Waals surface area (Å²) in [5.74, 6) is 1.82. The summed E-state index contributed by atoms with van der Waals surface area (Å²) in [5, 5.41) is 2.85. The molecular formula is C15H19NO4. The van der Waals surface area contributed by atoms with Crippen LogP contribution in [0.5, 0.6) is 11.5 Å². The molecule has 2 aliphatic heterocycles. The van der Waals surface area contributed by atoms with E-state index in [0.29, 0.717) is 32.8 Å². The van der Waals surface area contributed by atoms with Crippen LogP contribution in [0.1, 0.15) is 16.7 Å². The molecule has 0 radical (unpaired) electrons. The van der Waals surface area contributed by atoms with Gasteiger partial charge in [0.25, 0.3) is 0 Å². The number of methoxy groups -OCH3 is 1. The van der Waals surface area contributed by atoms with E-state index in [1.54, 1.807) is 7.11 Å². The fourth-order valence-corrected chi connectivity index (χ4v) is 2.79. The van der Waals surface area contributed by atoms with E-state index in [-0.39, 0.29) is 5.91 Å². The average molecular weight is 277 g/mol. The third-order valence-corrected chi connectivity index (χ3v) is 3.73. The lowest BCUT2D eigenvalue weighted by molar-refractivity contribution is -0.120. The number of rotatable bonds is 5. The molecule has 108 valence electrons. The monoisotopic (exact) mass is 277 g/mol. The van der Waals surface area contributed by atoms with E-state index in [1.807, 2.05) is 0 Å². The summed E-state index contributed by atoms with van der Waals surface area (Å²) in [6.45, 7) is 2.44. The van der Waals surface area contributed by atoms with Crippen LogP contribution in [0, 0.1) is 0 Å². The fraction of sp³-hybridized carbons (Fsp3) is 0.533. The van der Waals surface area contributed by atoms with Gasteiger partial charge < -0.3 is 19.5 Å². The van der Waals surface area contributed by atoms with Crippen molar-refractivity contribution in [2.24, 2.45) is 0 Å². The van der Waals surface area contributed by atoms with Crippen LogP contribution in [0.2, 0.25) is 0 Å². The van der Waals surface area contributed by atoms with Gasteiger partial charge in [-0.05, 0) is 6.07 Å². The van der Waals surface area contributed by atoms with Crippen molar-refractivity contribution in [3.8, 4) is 11.5 Å². The molecule has 1 aromatic carbocycles. The van der Waals surface area contributed by atoms with E-state index in [0.717, 1.165) is 41.0 Å². The largest absolute Gasteiger partial charge is 0.493 e. The van der Waals surface area contributed by atoms with Crippen molar-refractivity contribution in [3.05, 3.63) is 22.8 Å². The Labute approximate surface area is 118 Å². The van der Waals surface area contributed by atoms with Crippen molar-refractivity contribution < 1.29 is 19.0 Å². The van der Waals surface area contributed by atoms with Gasteiger partial charge in [0.2, 0.25) is 5.91 Å². The van der Waals surface area contributed by atoms with Crippen LogP contribution in [0.15, 0.2) is 6.07 Å². The Kier molecular flexibility index (Phi) is 3.78. The van der Waals surface area contributed by atoms with Crippen molar-refractivity contribution in [1.82, 2.24) is 5.32 Å². The zero-order chi connectivity index (χ0) is 13.9. The van der Waals surface area contributed by atoms with Crippen LogP contribution >= 0.6 is 0 Å². The highest BCUT2D eigenvalue weighted by Crippen LogP contribution is 2.40. The minimum absolute atomic E-state index is 0.0000463. The van der Waals surface area contributed by atoms with E-state index in [4.69, 9.17) is 14.2 Å². The van der Waals surface area contributed by atoms with Gasteiger partial charge in [0, 0.05) is 43.2 Å². The van der Waals surface area contributed by atoms with Crippen LogP contribution in [-0.4, -0.2) is 39.4 Å². The second-order valence-corrected chi connectivity index (χ2v) is 5.04. The van der Waals surface area contributed by atoms with Crippen molar-refractivity contribution in [3.63, 3.8) is 0 Å². The first-order valence-corrected chi connectivity index (χ1v) is 6.98. The van der Waals surface area contributed by atoms with Crippen molar-refractivity contribution in [2.45, 2.75) is 19.3 Å². The number of carbonyl (C=O) groups is 1. The normalized spacial score (nSPS) is 15.2. The number of amides is 1. The number of hydrogen-bond donors (Lipinski definition) is 1. The highest BCUT2D eigenvalue weighted by Gasteiger charge is 2.27. The van der Waals surface area contributed by atoms with Crippen molar-refractivity contribution in [1.29, 1.82) is 0 Å². The average Bonchev–Trinajstić information content (AvgIpc) is 3.07. The molecule has 5 heteroatoms. The first kappa shape index (κ1) is 13.2. The summed E-state index contributed by atoms with van der Waals surface area (Å²) in [4.78, 5) is 12.0. The van der Waals surface area contributed by atoms with E-state index < -0.39 is 0 Å². The first-order chi connectivity index (χ1) is 9.79. The second kappa shape index (κ2) is 5.71. The van der Waals surface area contributed by atoms with Gasteiger partial charge in [0.05, 0.1) is 26.2 Å². The molecule has 1 N–H and O–H groups in total. The van der Waals surface area contributed by atoms with Crippen molar-refractivity contribution in [2.75, 3.05) is 33.5 Å². The molecule has 0 spiro atoms. The Bertz CT molecular complexity index is 495. The lowest BCUT2D eigenvalue weighted by Gasteiger charge is -2.13. The Morgan fingerprint density at radius 3 is 3.05 bits per heavy atom. The topological polar surface area (TPSA) is 56.8 Å². The summed E-state index contributed by atoms with van der Waals surface area (Å²) in [5.41, 5.74) is 3.29. The van der Waals surface area contributed by atoms with Gasteiger partial charge in [0.1, 0.15) is 11.5 Å². The predicted molar refractivity (Wildman–Crippen MR) is 73.4 cm³/mol. The minimum Gasteiger partial charge on any atom is -0.493 e. The van der Waals surface area contributed by atoms with E-state index in [9.17, 15) is 4.79 Å². The number of nitrogens with one attached hydrogen (secondary N) is 1. The molecule has 0 unspecified atom stereocenters. The molecule has 3 rings (SSSR count). The maximum Gasteiger partial charge on any atom is 0.224 e. The van der Waals surface area contributed by atoms with Gasteiger partial charge in [-0.15, -0.1) is 0 Å². The molecule has 2 heterocycles. The summed E-state index contributed by atoms with van der Waals surface area (Å²) >= 11 is 0. The second-order valence-electron chi connectivity index (χ2n) is 5.04. The maximum atomic E-state index is 12.0. The maximum absolute atomic E-state index is 12.0. The van der Waals surface area contributed by atoms with Crippen LogP contribution in [0.3, 0.4) is 0 Å². The van der Waals surface area contributed by atoms with Crippen LogP contribution in [0.4, 0.5) is 0 Å². The standard InChI is InChI=1S/C15H19NO4/c1-18-7-4-16-14(17)9-12-11-3-6-19-13(11)8-10-2-5-20-15(10)12/h8H,2-7,9H2,1H3,(H,16,17). The van der Waals surface area contributed by atoms with Gasteiger partial charge in [-0.3, -0.25) is 4.79 Å². The van der Waals surface area contributed by atoms with Crippen LogP contribution < -0.4 is 14.8 Å². The van der Waals surface area contributed by atoms with E-state index in [2.05, 4.69) is 11.4 Å². The third kappa shape index (κ3) is 2.45. The molecule has 0 bridgehead atoms. The highest BCUT2D eigenvalue weighted by atomic mass is 16.5. The molecular weight excluding hydrogens is 258 g/mol. The summed E-state index contributed by atoms with van der Waals surface area (Å²) < 4.78 is 16.3. The van der Waals surface area contributed by atoms with Gasteiger partial charge in [0.15, 0.2) is 0 Å². The molecule has 1 amide bonds. The van der Waals surface area contributed by atoms with Crippen LogP contribution in [-0.2, 0) is 28.8 Å². The van der Waals surface area contributed by atoms with Gasteiger partial charge in [-0.25, -0.2) is 0 Å². The molecule has 0 fully saturated rings. The fourth-order valence-electron chi connectivity index (χ4n) is 2.79. The number of carbonyl (C=O) groups excluding carboxylic acids is 1. The number of benzene rings is 1. The molecule has 0 atom stereocenters. The first-order valence-electron chi connectivity index (χ1n) is 6.98. The SMILES string of the molecule is COCCNC(=O)Cc1c2c(cc3c1OCC3)OCC2. The molecule has 0 saturated carbocycles. The minimum atomic E-state index is 0.0000463. The highest BCUT2D eigenvalue weighted by molar-refractivity contribution is 5.80. The molecule has 20 heavy (non-hydrogen) atoms. The van der Waals surface area contributed by atoms with Gasteiger partial charge in [-0.1, -0.05) is 0 Å². The Balaban J connectivity index is 1.80. The van der Waals surface area contributed by atoms with Crippen molar-refractivity contribution >= 4 is 5.91 Å². The lowest BCUT2D eigenvalue weighted by Crippen LogP contribution is -2.28. The quantitative estimate of drug-likeness (QED) is 0.811. The van der Waals surface area contributed by atoms with E-state index >= 15 is 0 Å². The summed E-state index contributed by atoms with van der Waals surface area (Å²) in [6.07, 6.45) is 2.09. The predicted octanol–water partition coefficient (Wildman–Crippen LogP) is 0.861. The molecule has 2 aliphatic rings. The van der Waals surface area contributed by atoms with Crippen LogP contribution in [0.25, 0.3) is 0 Å².